The van der Waals surface area contributed by atoms with Gasteiger partial charge in [-0.2, -0.15) is 0 Å². The van der Waals surface area contributed by atoms with Gasteiger partial charge in [-0.15, -0.1) is 11.8 Å². The summed E-state index contributed by atoms with van der Waals surface area (Å²) < 4.78 is 0. The van der Waals surface area contributed by atoms with E-state index in [2.05, 4.69) is 36.2 Å². The Morgan fingerprint density at radius 3 is 2.50 bits per heavy atom. The molecule has 1 aromatic heterocycles. The van der Waals surface area contributed by atoms with E-state index < -0.39 is 0 Å². The molecule has 1 rings (SSSR count). The first kappa shape index (κ1) is 15.2. The number of nitrogens with one attached hydrogen (secondary N) is 1. The van der Waals surface area contributed by atoms with E-state index in [1.807, 2.05) is 6.92 Å². The number of anilines is 1. The molecule has 1 heterocycles. The van der Waals surface area contributed by atoms with Gasteiger partial charge in [0.2, 0.25) is 0 Å². The van der Waals surface area contributed by atoms with Crippen LogP contribution in [-0.2, 0) is 0 Å². The molecule has 102 valence electrons. The Morgan fingerprint density at radius 2 is 2.00 bits per heavy atom. The number of aliphatic hydroxyl groups is 1. The fraction of sp³-hybridized carbons (Fsp3) is 0.667. The van der Waals surface area contributed by atoms with Crippen molar-refractivity contribution in [2.75, 3.05) is 12.0 Å². The van der Waals surface area contributed by atoms with Gasteiger partial charge in [-0.1, -0.05) is 20.8 Å². The molecular formula is C12H22N4OS. The molecule has 0 aliphatic carbocycles. The molecule has 0 fully saturated rings. The predicted octanol–water partition coefficient (Wildman–Crippen LogP) is 2.06. The molecule has 0 spiro atoms. The van der Waals surface area contributed by atoms with Crippen molar-refractivity contribution in [3.05, 3.63) is 11.4 Å². The van der Waals surface area contributed by atoms with E-state index in [1.165, 1.54) is 0 Å². The first-order chi connectivity index (χ1) is 8.49. The van der Waals surface area contributed by atoms with Gasteiger partial charge in [-0.3, -0.25) is 0 Å². The van der Waals surface area contributed by atoms with Gasteiger partial charge in [0.05, 0.1) is 0 Å². The Kier molecular flexibility index (Phi) is 5.84. The zero-order valence-electron chi connectivity index (χ0n) is 11.4. The maximum atomic E-state index is 8.95. The van der Waals surface area contributed by atoms with Crippen LogP contribution in [0.5, 0.6) is 0 Å². The monoisotopic (exact) mass is 270 g/mol. The second-order valence-electron chi connectivity index (χ2n) is 4.60. The maximum absolute atomic E-state index is 8.95. The molecule has 0 amide bonds. The van der Waals surface area contributed by atoms with E-state index in [0.29, 0.717) is 11.1 Å². The Bertz CT molecular complexity index is 398. The summed E-state index contributed by atoms with van der Waals surface area (Å²) in [7, 11) is 0. The van der Waals surface area contributed by atoms with Crippen LogP contribution in [0.4, 0.5) is 5.82 Å². The number of thioether (sulfide) groups is 1. The molecule has 4 N–H and O–H groups in total. The third kappa shape index (κ3) is 3.83. The number of nitrogens with two attached hydrogens (primary N) is 1. The molecule has 18 heavy (non-hydrogen) atoms. The Balaban J connectivity index is 3.04. The average Bonchev–Trinajstić information content (AvgIpc) is 2.31. The number of hydrogen-bond acceptors (Lipinski definition) is 6. The molecule has 1 atom stereocenters. The lowest BCUT2D eigenvalue weighted by Crippen LogP contribution is -2.14. The Hall–Kier alpha value is -0.850. The average molecular weight is 270 g/mol. The van der Waals surface area contributed by atoms with E-state index in [4.69, 9.17) is 10.9 Å². The number of nitrogen functional groups attached to an aromatic ring is 1. The minimum Gasteiger partial charge on any atom is -0.396 e. The van der Waals surface area contributed by atoms with Crippen molar-refractivity contribution in [2.45, 2.75) is 50.3 Å². The first-order valence-corrected chi connectivity index (χ1v) is 7.00. The topological polar surface area (TPSA) is 84.1 Å². The van der Waals surface area contributed by atoms with Crippen LogP contribution in [0.2, 0.25) is 0 Å². The largest absolute Gasteiger partial charge is 0.396 e. The van der Waals surface area contributed by atoms with Gasteiger partial charge in [-0.25, -0.2) is 15.8 Å². The zero-order chi connectivity index (χ0) is 13.7. The number of rotatable bonds is 6. The maximum Gasteiger partial charge on any atom is 0.147 e. The van der Waals surface area contributed by atoms with Crippen LogP contribution in [0.3, 0.4) is 0 Å². The summed E-state index contributed by atoms with van der Waals surface area (Å²) in [6.45, 7) is 8.32. The van der Waals surface area contributed by atoms with Gasteiger partial charge in [0.15, 0.2) is 0 Å². The molecule has 6 heteroatoms. The molecular weight excluding hydrogens is 248 g/mol. The highest BCUT2D eigenvalue weighted by Gasteiger charge is 2.15. The van der Waals surface area contributed by atoms with Gasteiger partial charge in [0.25, 0.3) is 0 Å². The lowest BCUT2D eigenvalue weighted by molar-refractivity contribution is 0.289. The zero-order valence-corrected chi connectivity index (χ0v) is 12.2. The van der Waals surface area contributed by atoms with Crippen molar-refractivity contribution in [1.82, 2.24) is 9.97 Å². The van der Waals surface area contributed by atoms with Crippen LogP contribution in [0.1, 0.15) is 44.5 Å². The van der Waals surface area contributed by atoms with Crippen molar-refractivity contribution in [3.8, 4) is 0 Å². The number of hydrazine groups is 1. The van der Waals surface area contributed by atoms with Gasteiger partial charge in [0, 0.05) is 23.3 Å². The van der Waals surface area contributed by atoms with E-state index >= 15 is 0 Å². The second-order valence-corrected chi connectivity index (χ2v) is 6.03. The smallest absolute Gasteiger partial charge is 0.147 e. The lowest BCUT2D eigenvalue weighted by Gasteiger charge is -2.15. The quantitative estimate of drug-likeness (QED) is 0.317. The Labute approximate surface area is 113 Å². The summed E-state index contributed by atoms with van der Waals surface area (Å²) in [4.78, 5) is 8.97. The van der Waals surface area contributed by atoms with Crippen molar-refractivity contribution < 1.29 is 5.11 Å². The summed E-state index contributed by atoms with van der Waals surface area (Å²) in [6.07, 6.45) is 0.747. The number of aliphatic hydroxyl groups excluding tert-OH is 1. The highest BCUT2D eigenvalue weighted by atomic mass is 32.2. The highest BCUT2D eigenvalue weighted by Crippen LogP contribution is 2.30. The molecule has 5 nitrogen and oxygen atoms in total. The van der Waals surface area contributed by atoms with Gasteiger partial charge >= 0.3 is 0 Å². The predicted molar refractivity (Wildman–Crippen MR) is 75.7 cm³/mol. The molecule has 0 saturated heterocycles. The third-order valence-corrected chi connectivity index (χ3v) is 3.88. The van der Waals surface area contributed by atoms with Crippen molar-refractivity contribution in [3.63, 3.8) is 0 Å². The summed E-state index contributed by atoms with van der Waals surface area (Å²) in [5.74, 6) is 7.20. The lowest BCUT2D eigenvalue weighted by atomic mass is 10.2. The summed E-state index contributed by atoms with van der Waals surface area (Å²) >= 11 is 1.65. The molecule has 0 saturated carbocycles. The minimum atomic E-state index is 0.192. The van der Waals surface area contributed by atoms with Crippen LogP contribution in [-0.4, -0.2) is 26.9 Å². The van der Waals surface area contributed by atoms with Crippen molar-refractivity contribution >= 4 is 17.6 Å². The van der Waals surface area contributed by atoms with Crippen LogP contribution in [0.25, 0.3) is 0 Å². The fourth-order valence-corrected chi connectivity index (χ4v) is 2.48. The van der Waals surface area contributed by atoms with E-state index in [0.717, 1.165) is 22.8 Å². The van der Waals surface area contributed by atoms with E-state index in [1.54, 1.807) is 11.8 Å². The molecule has 0 aliphatic rings. The van der Waals surface area contributed by atoms with Crippen LogP contribution in [0.15, 0.2) is 5.03 Å². The molecule has 0 aromatic carbocycles. The van der Waals surface area contributed by atoms with Crippen LogP contribution in [0, 0.1) is 6.92 Å². The molecule has 0 bridgehead atoms. The standard InChI is InChI=1S/C12H22N4OS/c1-7(2)10-14-11(16-13)9(4)12(15-10)18-8(3)5-6-17/h7-8,17H,5-6,13H2,1-4H3,(H,14,15,16). The molecule has 0 radical (unpaired) electrons. The number of hydrogen-bond donors (Lipinski definition) is 3. The van der Waals surface area contributed by atoms with E-state index in [-0.39, 0.29) is 12.5 Å². The fourth-order valence-electron chi connectivity index (χ4n) is 1.46. The van der Waals surface area contributed by atoms with Crippen molar-refractivity contribution in [2.24, 2.45) is 5.84 Å². The minimum absolute atomic E-state index is 0.192. The van der Waals surface area contributed by atoms with E-state index in [9.17, 15) is 0 Å². The highest BCUT2D eigenvalue weighted by molar-refractivity contribution is 7.99. The first-order valence-electron chi connectivity index (χ1n) is 6.12. The van der Waals surface area contributed by atoms with Crippen molar-refractivity contribution in [1.29, 1.82) is 0 Å². The summed E-state index contributed by atoms with van der Waals surface area (Å²) in [6, 6.07) is 0. The SMILES string of the molecule is Cc1c(NN)nc(C(C)C)nc1SC(C)CCO. The normalized spacial score (nSPS) is 12.8. The van der Waals surface area contributed by atoms with Gasteiger partial charge < -0.3 is 10.5 Å². The molecule has 1 aromatic rings. The second kappa shape index (κ2) is 6.92. The van der Waals surface area contributed by atoms with Gasteiger partial charge in [0.1, 0.15) is 16.7 Å². The summed E-state index contributed by atoms with van der Waals surface area (Å²) in [5.41, 5.74) is 3.58. The Morgan fingerprint density at radius 1 is 1.33 bits per heavy atom. The molecule has 1 unspecified atom stereocenters. The van der Waals surface area contributed by atoms with Crippen LogP contribution < -0.4 is 11.3 Å². The van der Waals surface area contributed by atoms with Crippen LogP contribution >= 0.6 is 11.8 Å². The number of nitrogens with zero attached hydrogens (tertiary/aromatic N) is 2. The molecule has 0 aliphatic heterocycles. The van der Waals surface area contributed by atoms with Gasteiger partial charge in [-0.05, 0) is 13.3 Å². The summed E-state index contributed by atoms with van der Waals surface area (Å²) in [5, 5.41) is 10.2. The third-order valence-electron chi connectivity index (χ3n) is 2.62. The number of aromatic nitrogens is 2.